The van der Waals surface area contributed by atoms with E-state index in [0.29, 0.717) is 23.6 Å². The van der Waals surface area contributed by atoms with Gasteiger partial charge in [0.15, 0.2) is 0 Å². The maximum atomic E-state index is 12.8. The van der Waals surface area contributed by atoms with Crippen LogP contribution in [0.1, 0.15) is 11.4 Å². The fraction of sp³-hybridized carbons (Fsp3) is 0.200. The summed E-state index contributed by atoms with van der Waals surface area (Å²) in [5.41, 5.74) is 1.59. The Kier molecular flexibility index (Phi) is 2.80. The monoisotopic (exact) mass is 225 g/mol. The number of nitrogens with one attached hydrogen (secondary N) is 1. The predicted octanol–water partition coefficient (Wildman–Crippen LogP) is 2.27. The zero-order valence-electron chi connectivity index (χ0n) is 8.50. The third kappa shape index (κ3) is 2.33. The highest BCUT2D eigenvalue weighted by atomic mass is 19.1. The molecule has 0 aliphatic rings. The van der Waals surface area contributed by atoms with Gasteiger partial charge in [-0.1, -0.05) is 10.3 Å². The first-order chi connectivity index (χ1) is 7.65. The van der Waals surface area contributed by atoms with Crippen molar-refractivity contribution in [1.82, 2.24) is 10.3 Å². The SMILES string of the molecule is Cc1nonc1CNc1cc(F)cc(F)c1. The van der Waals surface area contributed by atoms with Crippen molar-refractivity contribution < 1.29 is 13.4 Å². The Morgan fingerprint density at radius 3 is 2.44 bits per heavy atom. The molecule has 0 aliphatic carbocycles. The van der Waals surface area contributed by atoms with Gasteiger partial charge in [-0.3, -0.25) is 0 Å². The molecule has 0 saturated carbocycles. The highest BCUT2D eigenvalue weighted by molar-refractivity contribution is 5.43. The molecule has 0 unspecified atom stereocenters. The molecule has 16 heavy (non-hydrogen) atoms. The van der Waals surface area contributed by atoms with Crippen LogP contribution in [0.3, 0.4) is 0 Å². The molecule has 0 atom stereocenters. The molecule has 0 spiro atoms. The van der Waals surface area contributed by atoms with Gasteiger partial charge in [0.05, 0.1) is 6.54 Å². The van der Waals surface area contributed by atoms with Crippen molar-refractivity contribution >= 4 is 5.69 Å². The average Bonchev–Trinajstić information content (AvgIpc) is 2.59. The van der Waals surface area contributed by atoms with Gasteiger partial charge in [-0.2, -0.15) is 0 Å². The summed E-state index contributed by atoms with van der Waals surface area (Å²) in [4.78, 5) is 0. The zero-order chi connectivity index (χ0) is 11.5. The van der Waals surface area contributed by atoms with E-state index in [1.54, 1.807) is 6.92 Å². The topological polar surface area (TPSA) is 51.0 Å². The average molecular weight is 225 g/mol. The van der Waals surface area contributed by atoms with E-state index in [-0.39, 0.29) is 0 Å². The van der Waals surface area contributed by atoms with Crippen LogP contribution in [0.4, 0.5) is 14.5 Å². The van der Waals surface area contributed by atoms with E-state index in [4.69, 9.17) is 0 Å². The molecule has 1 N–H and O–H groups in total. The maximum Gasteiger partial charge on any atom is 0.128 e. The minimum absolute atomic E-state index is 0.304. The second kappa shape index (κ2) is 4.26. The third-order valence-electron chi connectivity index (χ3n) is 2.07. The highest BCUT2D eigenvalue weighted by Gasteiger charge is 2.05. The largest absolute Gasteiger partial charge is 0.379 e. The summed E-state index contributed by atoms with van der Waals surface area (Å²) >= 11 is 0. The van der Waals surface area contributed by atoms with E-state index in [2.05, 4.69) is 20.3 Å². The first-order valence-corrected chi connectivity index (χ1v) is 4.63. The second-order valence-electron chi connectivity index (χ2n) is 3.31. The lowest BCUT2D eigenvalue weighted by Gasteiger charge is -2.04. The summed E-state index contributed by atoms with van der Waals surface area (Å²) in [6.07, 6.45) is 0. The number of anilines is 1. The van der Waals surface area contributed by atoms with Crippen LogP contribution < -0.4 is 5.32 Å². The molecule has 0 bridgehead atoms. The minimum atomic E-state index is -0.627. The maximum absolute atomic E-state index is 12.8. The van der Waals surface area contributed by atoms with Crippen molar-refractivity contribution in [3.63, 3.8) is 0 Å². The zero-order valence-corrected chi connectivity index (χ0v) is 8.50. The summed E-state index contributed by atoms with van der Waals surface area (Å²) in [5, 5.41) is 10.1. The smallest absolute Gasteiger partial charge is 0.128 e. The van der Waals surface area contributed by atoms with E-state index in [9.17, 15) is 8.78 Å². The first-order valence-electron chi connectivity index (χ1n) is 4.63. The summed E-state index contributed by atoms with van der Waals surface area (Å²) in [6.45, 7) is 2.04. The van der Waals surface area contributed by atoms with Crippen LogP contribution in [-0.4, -0.2) is 10.3 Å². The highest BCUT2D eigenvalue weighted by Crippen LogP contribution is 2.14. The van der Waals surface area contributed by atoms with Crippen molar-refractivity contribution in [2.75, 3.05) is 5.32 Å². The molecule has 0 radical (unpaired) electrons. The Bertz CT molecular complexity index is 478. The Morgan fingerprint density at radius 1 is 1.19 bits per heavy atom. The van der Waals surface area contributed by atoms with Crippen LogP contribution >= 0.6 is 0 Å². The van der Waals surface area contributed by atoms with Crippen molar-refractivity contribution in [2.45, 2.75) is 13.5 Å². The molecule has 1 aromatic heterocycles. The first kappa shape index (κ1) is 10.5. The van der Waals surface area contributed by atoms with Crippen molar-refractivity contribution in [3.05, 3.63) is 41.2 Å². The normalized spacial score (nSPS) is 10.4. The molecule has 1 aromatic carbocycles. The van der Waals surface area contributed by atoms with Crippen LogP contribution in [0.25, 0.3) is 0 Å². The van der Waals surface area contributed by atoms with Crippen LogP contribution in [0.2, 0.25) is 0 Å². The summed E-state index contributed by atoms with van der Waals surface area (Å²) in [5.74, 6) is -1.25. The van der Waals surface area contributed by atoms with Crippen LogP contribution in [-0.2, 0) is 6.54 Å². The molecule has 2 rings (SSSR count). The minimum Gasteiger partial charge on any atom is -0.379 e. The van der Waals surface area contributed by atoms with Crippen LogP contribution in [0.5, 0.6) is 0 Å². The lowest BCUT2D eigenvalue weighted by molar-refractivity contribution is 0.301. The predicted molar refractivity (Wildman–Crippen MR) is 52.7 cm³/mol. The van der Waals surface area contributed by atoms with Crippen LogP contribution in [0, 0.1) is 18.6 Å². The molecule has 0 saturated heterocycles. The van der Waals surface area contributed by atoms with Gasteiger partial charge >= 0.3 is 0 Å². The van der Waals surface area contributed by atoms with Crippen molar-refractivity contribution in [2.24, 2.45) is 0 Å². The molecule has 0 amide bonds. The molecule has 2 aromatic rings. The van der Waals surface area contributed by atoms with E-state index in [0.717, 1.165) is 6.07 Å². The molecule has 0 aliphatic heterocycles. The van der Waals surface area contributed by atoms with Crippen molar-refractivity contribution in [3.8, 4) is 0 Å². The summed E-state index contributed by atoms with van der Waals surface area (Å²) < 4.78 is 30.2. The van der Waals surface area contributed by atoms with Gasteiger partial charge in [0.2, 0.25) is 0 Å². The Morgan fingerprint density at radius 2 is 1.88 bits per heavy atom. The number of hydrogen-bond acceptors (Lipinski definition) is 4. The number of aromatic nitrogens is 2. The van der Waals surface area contributed by atoms with Gasteiger partial charge in [-0.15, -0.1) is 0 Å². The molecule has 1 heterocycles. The quantitative estimate of drug-likeness (QED) is 0.870. The number of halogens is 2. The number of aryl methyl sites for hydroxylation is 1. The number of benzene rings is 1. The number of hydrogen-bond donors (Lipinski definition) is 1. The van der Waals surface area contributed by atoms with E-state index >= 15 is 0 Å². The summed E-state index contributed by atoms with van der Waals surface area (Å²) in [6, 6.07) is 3.21. The molecule has 0 fully saturated rings. The molecule has 6 heteroatoms. The van der Waals surface area contributed by atoms with E-state index < -0.39 is 11.6 Å². The van der Waals surface area contributed by atoms with Crippen molar-refractivity contribution in [1.29, 1.82) is 0 Å². The van der Waals surface area contributed by atoms with Gasteiger partial charge in [-0.25, -0.2) is 13.4 Å². The fourth-order valence-electron chi connectivity index (χ4n) is 1.25. The molecular weight excluding hydrogens is 216 g/mol. The molecule has 4 nitrogen and oxygen atoms in total. The Labute approximate surface area is 90.2 Å². The lowest BCUT2D eigenvalue weighted by Crippen LogP contribution is -2.02. The number of nitrogens with zero attached hydrogens (tertiary/aromatic N) is 2. The van der Waals surface area contributed by atoms with Gasteiger partial charge in [0, 0.05) is 11.8 Å². The van der Waals surface area contributed by atoms with Gasteiger partial charge in [0.1, 0.15) is 23.0 Å². The molecular formula is C10H9F2N3O. The van der Waals surface area contributed by atoms with E-state index in [1.807, 2.05) is 0 Å². The third-order valence-corrected chi connectivity index (χ3v) is 2.07. The number of rotatable bonds is 3. The van der Waals surface area contributed by atoms with Gasteiger partial charge < -0.3 is 5.32 Å². The Balaban J connectivity index is 2.07. The lowest BCUT2D eigenvalue weighted by atomic mass is 10.3. The van der Waals surface area contributed by atoms with Gasteiger partial charge in [-0.05, 0) is 19.1 Å². The van der Waals surface area contributed by atoms with Crippen LogP contribution in [0.15, 0.2) is 22.8 Å². The van der Waals surface area contributed by atoms with E-state index in [1.165, 1.54) is 12.1 Å². The fourth-order valence-corrected chi connectivity index (χ4v) is 1.25. The molecule has 84 valence electrons. The standard InChI is InChI=1S/C10H9F2N3O/c1-6-10(15-16-14-6)5-13-9-3-7(11)2-8(12)4-9/h2-4,13H,5H2,1H3. The Hall–Kier alpha value is -1.98. The van der Waals surface area contributed by atoms with Gasteiger partial charge in [0.25, 0.3) is 0 Å². The summed E-state index contributed by atoms with van der Waals surface area (Å²) in [7, 11) is 0. The second-order valence-corrected chi connectivity index (χ2v) is 3.31.